The van der Waals surface area contributed by atoms with E-state index < -0.39 is 11.6 Å². The molecule has 0 aromatic heterocycles. The summed E-state index contributed by atoms with van der Waals surface area (Å²) in [6.45, 7) is 2.85. The van der Waals surface area contributed by atoms with Gasteiger partial charge in [-0.05, 0) is 26.0 Å². The molecular weight excluding hydrogens is 222 g/mol. The van der Waals surface area contributed by atoms with Gasteiger partial charge in [0.25, 0.3) is 0 Å². The molecule has 5 heteroatoms. The summed E-state index contributed by atoms with van der Waals surface area (Å²) in [6.07, 6.45) is 0. The Morgan fingerprint density at radius 1 is 1.41 bits per heavy atom. The van der Waals surface area contributed by atoms with Crippen LogP contribution in [0.2, 0.25) is 0 Å². The number of nitrogens with zero attached hydrogens (tertiary/aromatic N) is 1. The molecule has 0 aliphatic carbocycles. The van der Waals surface area contributed by atoms with Gasteiger partial charge in [-0.3, -0.25) is 0 Å². The van der Waals surface area contributed by atoms with E-state index in [9.17, 15) is 4.79 Å². The summed E-state index contributed by atoms with van der Waals surface area (Å²) in [4.78, 5) is 10.9. The number of rotatable bonds is 4. The summed E-state index contributed by atoms with van der Waals surface area (Å²) >= 11 is 0. The molecular formula is C12H13NO4. The Balaban J connectivity index is 3.12. The van der Waals surface area contributed by atoms with Crippen molar-refractivity contribution in [2.45, 2.75) is 19.4 Å². The average Bonchev–Trinajstić information content (AvgIpc) is 2.28. The summed E-state index contributed by atoms with van der Waals surface area (Å²) in [5.41, 5.74) is -1.01. The highest BCUT2D eigenvalue weighted by molar-refractivity contribution is 5.77. The van der Waals surface area contributed by atoms with Gasteiger partial charge in [-0.25, -0.2) is 4.79 Å². The third kappa shape index (κ3) is 2.88. The maximum absolute atomic E-state index is 10.9. The third-order valence-corrected chi connectivity index (χ3v) is 2.17. The Labute approximate surface area is 99.2 Å². The Morgan fingerprint density at radius 3 is 2.53 bits per heavy atom. The lowest BCUT2D eigenvalue weighted by molar-refractivity contribution is -0.152. The van der Waals surface area contributed by atoms with Crippen molar-refractivity contribution in [2.24, 2.45) is 0 Å². The van der Waals surface area contributed by atoms with Crippen molar-refractivity contribution >= 4 is 5.97 Å². The second-order valence-electron chi connectivity index (χ2n) is 3.89. The molecule has 0 radical (unpaired) electrons. The largest absolute Gasteiger partial charge is 0.493 e. The lowest BCUT2D eigenvalue weighted by atomic mass is 10.1. The average molecular weight is 235 g/mol. The van der Waals surface area contributed by atoms with Crippen molar-refractivity contribution in [3.05, 3.63) is 23.8 Å². The van der Waals surface area contributed by atoms with Crippen LogP contribution in [0.15, 0.2) is 18.2 Å². The number of hydrogen-bond acceptors (Lipinski definition) is 4. The first-order chi connectivity index (χ1) is 7.90. The van der Waals surface area contributed by atoms with Crippen LogP contribution < -0.4 is 9.47 Å². The summed E-state index contributed by atoms with van der Waals surface area (Å²) < 4.78 is 10.4. The van der Waals surface area contributed by atoms with E-state index in [1.807, 2.05) is 6.07 Å². The van der Waals surface area contributed by atoms with Gasteiger partial charge in [-0.2, -0.15) is 5.26 Å². The zero-order valence-corrected chi connectivity index (χ0v) is 9.85. The minimum Gasteiger partial charge on any atom is -0.493 e. The SMILES string of the molecule is COc1ccc(C#N)cc1OC(C)(C)C(=O)O. The van der Waals surface area contributed by atoms with Gasteiger partial charge in [0.2, 0.25) is 0 Å². The molecule has 0 spiro atoms. The molecule has 0 amide bonds. The van der Waals surface area contributed by atoms with Crippen molar-refractivity contribution < 1.29 is 19.4 Å². The molecule has 0 fully saturated rings. The van der Waals surface area contributed by atoms with E-state index in [4.69, 9.17) is 19.8 Å². The van der Waals surface area contributed by atoms with Gasteiger partial charge >= 0.3 is 5.97 Å². The van der Waals surface area contributed by atoms with E-state index in [1.165, 1.54) is 27.0 Å². The third-order valence-electron chi connectivity index (χ3n) is 2.17. The number of benzene rings is 1. The van der Waals surface area contributed by atoms with E-state index >= 15 is 0 Å². The Hall–Kier alpha value is -2.22. The van der Waals surface area contributed by atoms with Gasteiger partial charge in [0.15, 0.2) is 17.1 Å². The van der Waals surface area contributed by atoms with Crippen LogP contribution in [0.1, 0.15) is 19.4 Å². The van der Waals surface area contributed by atoms with Crippen molar-refractivity contribution in [3.63, 3.8) is 0 Å². The molecule has 0 aliphatic heterocycles. The summed E-state index contributed by atoms with van der Waals surface area (Å²) in [5, 5.41) is 17.7. The Morgan fingerprint density at radius 2 is 2.06 bits per heavy atom. The molecule has 1 N–H and O–H groups in total. The fourth-order valence-corrected chi connectivity index (χ4v) is 1.14. The first kappa shape index (κ1) is 12.8. The van der Waals surface area contributed by atoms with Gasteiger partial charge in [-0.15, -0.1) is 0 Å². The van der Waals surface area contributed by atoms with E-state index in [1.54, 1.807) is 12.1 Å². The maximum atomic E-state index is 10.9. The topological polar surface area (TPSA) is 79.5 Å². The van der Waals surface area contributed by atoms with Crippen molar-refractivity contribution in [3.8, 4) is 17.6 Å². The van der Waals surface area contributed by atoms with Gasteiger partial charge in [0.05, 0.1) is 18.7 Å². The number of nitriles is 1. The van der Waals surface area contributed by atoms with Crippen LogP contribution in [-0.2, 0) is 4.79 Å². The van der Waals surface area contributed by atoms with Crippen LogP contribution in [-0.4, -0.2) is 23.8 Å². The zero-order chi connectivity index (χ0) is 13.1. The second-order valence-corrected chi connectivity index (χ2v) is 3.89. The molecule has 0 atom stereocenters. The van der Waals surface area contributed by atoms with Gasteiger partial charge in [0.1, 0.15) is 0 Å². The van der Waals surface area contributed by atoms with Crippen molar-refractivity contribution in [1.29, 1.82) is 5.26 Å². The molecule has 0 bridgehead atoms. The van der Waals surface area contributed by atoms with Crippen LogP contribution in [0.25, 0.3) is 0 Å². The van der Waals surface area contributed by atoms with E-state index in [0.29, 0.717) is 11.3 Å². The smallest absolute Gasteiger partial charge is 0.347 e. The number of aliphatic carboxylic acids is 1. The molecule has 0 unspecified atom stereocenters. The van der Waals surface area contributed by atoms with Crippen molar-refractivity contribution in [2.75, 3.05) is 7.11 Å². The fraction of sp³-hybridized carbons (Fsp3) is 0.333. The van der Waals surface area contributed by atoms with Crippen LogP contribution in [0.5, 0.6) is 11.5 Å². The minimum atomic E-state index is -1.39. The lowest BCUT2D eigenvalue weighted by Crippen LogP contribution is -2.38. The van der Waals surface area contributed by atoms with Crippen LogP contribution in [0.3, 0.4) is 0 Å². The number of carboxylic acids is 1. The van der Waals surface area contributed by atoms with E-state index in [-0.39, 0.29) is 5.75 Å². The lowest BCUT2D eigenvalue weighted by Gasteiger charge is -2.22. The quantitative estimate of drug-likeness (QED) is 0.860. The van der Waals surface area contributed by atoms with E-state index in [0.717, 1.165) is 0 Å². The highest BCUT2D eigenvalue weighted by atomic mass is 16.5. The van der Waals surface area contributed by atoms with Gasteiger partial charge in [-0.1, -0.05) is 0 Å². The van der Waals surface area contributed by atoms with Gasteiger partial charge in [0, 0.05) is 6.07 Å². The molecule has 90 valence electrons. The fourth-order valence-electron chi connectivity index (χ4n) is 1.14. The summed E-state index contributed by atoms with van der Waals surface area (Å²) in [7, 11) is 1.45. The van der Waals surface area contributed by atoms with Crippen LogP contribution in [0, 0.1) is 11.3 Å². The Bertz CT molecular complexity index is 474. The minimum absolute atomic E-state index is 0.235. The molecule has 1 aromatic rings. The monoisotopic (exact) mass is 235 g/mol. The van der Waals surface area contributed by atoms with Gasteiger partial charge < -0.3 is 14.6 Å². The maximum Gasteiger partial charge on any atom is 0.347 e. The molecule has 1 rings (SSSR count). The number of carbonyl (C=O) groups is 1. The number of methoxy groups -OCH3 is 1. The summed E-state index contributed by atoms with van der Waals surface area (Å²) in [6, 6.07) is 6.53. The molecule has 17 heavy (non-hydrogen) atoms. The highest BCUT2D eigenvalue weighted by Gasteiger charge is 2.30. The number of carboxylic acid groups (broad SMARTS) is 1. The molecule has 1 aromatic carbocycles. The van der Waals surface area contributed by atoms with Crippen molar-refractivity contribution in [1.82, 2.24) is 0 Å². The molecule has 0 aliphatic rings. The Kier molecular flexibility index (Phi) is 3.59. The first-order valence-electron chi connectivity index (χ1n) is 4.91. The highest BCUT2D eigenvalue weighted by Crippen LogP contribution is 2.31. The second kappa shape index (κ2) is 4.74. The molecule has 5 nitrogen and oxygen atoms in total. The standard InChI is InChI=1S/C12H13NO4/c1-12(2,11(14)15)17-10-6-8(7-13)4-5-9(10)16-3/h4-6H,1-3H3,(H,14,15). The zero-order valence-electron chi connectivity index (χ0n) is 9.85. The molecule has 0 saturated carbocycles. The molecule has 0 heterocycles. The number of hydrogen-bond donors (Lipinski definition) is 1. The predicted molar refractivity (Wildman–Crippen MR) is 60.1 cm³/mol. The van der Waals surface area contributed by atoms with Crippen LogP contribution >= 0.6 is 0 Å². The first-order valence-corrected chi connectivity index (χ1v) is 4.91. The normalized spacial score (nSPS) is 10.5. The van der Waals surface area contributed by atoms with E-state index in [2.05, 4.69) is 0 Å². The number of ether oxygens (including phenoxy) is 2. The predicted octanol–water partition coefficient (Wildman–Crippen LogP) is 1.81. The summed E-state index contributed by atoms with van der Waals surface area (Å²) in [5.74, 6) is -0.473. The molecule has 0 saturated heterocycles. The van der Waals surface area contributed by atoms with Crippen LogP contribution in [0.4, 0.5) is 0 Å².